The molecule has 4 heteroatoms. The topological polar surface area (TPSA) is 40.9 Å². The minimum atomic E-state index is -0.631. The van der Waals surface area contributed by atoms with Crippen LogP contribution in [0.25, 0.3) is 0 Å². The molecule has 0 aliphatic heterocycles. The molecule has 78 valence electrons. The summed E-state index contributed by atoms with van der Waals surface area (Å²) in [6.45, 7) is 1.76. The number of hydrogen-bond donors (Lipinski definition) is 0. The molecule has 1 atom stereocenters. The fourth-order valence-electron chi connectivity index (χ4n) is 1.03. The third-order valence-corrected chi connectivity index (χ3v) is 3.17. The molecule has 0 aliphatic carbocycles. The maximum Gasteiger partial charge on any atom is 0.160 e. The van der Waals surface area contributed by atoms with Gasteiger partial charge in [-0.1, -0.05) is 36.4 Å². The molecule has 0 N–H and O–H groups in total. The van der Waals surface area contributed by atoms with E-state index in [1.807, 2.05) is 12.1 Å². The van der Waals surface area contributed by atoms with Crippen molar-refractivity contribution in [3.8, 4) is 6.07 Å². The standard InChI is InChI=1S/C11H10ClNOS/c1-2-10(14)11(7-13)15-9-5-3-4-8(12)6-9/h3-6,11H,2H2,1H3. The van der Waals surface area contributed by atoms with E-state index in [1.54, 1.807) is 25.1 Å². The summed E-state index contributed by atoms with van der Waals surface area (Å²) in [6.07, 6.45) is 0.381. The second-order valence-corrected chi connectivity index (χ2v) is 4.52. The molecule has 0 bridgehead atoms. The van der Waals surface area contributed by atoms with Gasteiger partial charge in [0.2, 0.25) is 0 Å². The Labute approximate surface area is 98.2 Å². The van der Waals surface area contributed by atoms with Gasteiger partial charge in [0.15, 0.2) is 11.0 Å². The summed E-state index contributed by atoms with van der Waals surface area (Å²) in [6, 6.07) is 9.14. The molecule has 1 aromatic rings. The first-order chi connectivity index (χ1) is 7.17. The van der Waals surface area contributed by atoms with Crippen molar-refractivity contribution in [2.24, 2.45) is 0 Å². The van der Waals surface area contributed by atoms with E-state index in [9.17, 15) is 4.79 Å². The Balaban J connectivity index is 2.76. The van der Waals surface area contributed by atoms with Crippen molar-refractivity contribution in [2.75, 3.05) is 0 Å². The van der Waals surface area contributed by atoms with Gasteiger partial charge in [0.1, 0.15) is 0 Å². The number of nitriles is 1. The van der Waals surface area contributed by atoms with Crippen LogP contribution in [0, 0.1) is 11.3 Å². The number of carbonyl (C=O) groups is 1. The fourth-order valence-corrected chi connectivity index (χ4v) is 2.26. The summed E-state index contributed by atoms with van der Waals surface area (Å²) in [7, 11) is 0. The summed E-state index contributed by atoms with van der Waals surface area (Å²) in [5.74, 6) is -0.0533. The first-order valence-electron chi connectivity index (χ1n) is 4.52. The van der Waals surface area contributed by atoms with Crippen LogP contribution in [0.1, 0.15) is 13.3 Å². The van der Waals surface area contributed by atoms with E-state index in [0.29, 0.717) is 11.4 Å². The number of hydrogen-bond acceptors (Lipinski definition) is 3. The Morgan fingerprint density at radius 1 is 1.67 bits per heavy atom. The summed E-state index contributed by atoms with van der Waals surface area (Å²) in [5.41, 5.74) is 0. The van der Waals surface area contributed by atoms with Gasteiger partial charge in [-0.2, -0.15) is 5.26 Å². The number of thioether (sulfide) groups is 1. The highest BCUT2D eigenvalue weighted by Crippen LogP contribution is 2.26. The Morgan fingerprint density at radius 3 is 2.93 bits per heavy atom. The van der Waals surface area contributed by atoms with Gasteiger partial charge in [-0.05, 0) is 18.2 Å². The summed E-state index contributed by atoms with van der Waals surface area (Å²) < 4.78 is 0. The highest BCUT2D eigenvalue weighted by molar-refractivity contribution is 8.00. The molecule has 0 aromatic heterocycles. The second-order valence-electron chi connectivity index (χ2n) is 2.90. The van der Waals surface area contributed by atoms with Crippen LogP contribution in [0.2, 0.25) is 5.02 Å². The molecule has 2 nitrogen and oxygen atoms in total. The maximum atomic E-state index is 11.4. The van der Waals surface area contributed by atoms with E-state index in [0.717, 1.165) is 4.90 Å². The lowest BCUT2D eigenvalue weighted by Crippen LogP contribution is -2.13. The molecule has 0 saturated carbocycles. The molecular weight excluding hydrogens is 230 g/mol. The Kier molecular flexibility index (Phi) is 4.67. The molecule has 0 saturated heterocycles. The maximum absolute atomic E-state index is 11.4. The van der Waals surface area contributed by atoms with Crippen LogP contribution in [-0.4, -0.2) is 11.0 Å². The lowest BCUT2D eigenvalue weighted by atomic mass is 10.2. The SMILES string of the molecule is CCC(=O)C(C#N)Sc1cccc(Cl)c1. The number of nitrogens with zero attached hydrogens (tertiary/aromatic N) is 1. The zero-order valence-corrected chi connectivity index (χ0v) is 9.81. The number of ketones is 1. The Bertz CT molecular complexity index is 400. The highest BCUT2D eigenvalue weighted by Gasteiger charge is 2.16. The van der Waals surface area contributed by atoms with Crippen molar-refractivity contribution in [1.82, 2.24) is 0 Å². The van der Waals surface area contributed by atoms with E-state index in [4.69, 9.17) is 16.9 Å². The number of benzene rings is 1. The largest absolute Gasteiger partial charge is 0.297 e. The Hall–Kier alpha value is -0.980. The van der Waals surface area contributed by atoms with Crippen LogP contribution in [0.15, 0.2) is 29.2 Å². The third kappa shape index (κ3) is 3.58. The van der Waals surface area contributed by atoms with Crippen LogP contribution >= 0.6 is 23.4 Å². The molecule has 1 unspecified atom stereocenters. The van der Waals surface area contributed by atoms with Gasteiger partial charge in [-0.15, -0.1) is 0 Å². The first-order valence-corrected chi connectivity index (χ1v) is 5.77. The van der Waals surface area contributed by atoms with Gasteiger partial charge in [-0.25, -0.2) is 0 Å². The van der Waals surface area contributed by atoms with Crippen LogP contribution in [-0.2, 0) is 4.79 Å². The molecule has 0 aliphatic rings. The number of carbonyl (C=O) groups excluding carboxylic acids is 1. The predicted molar refractivity (Wildman–Crippen MR) is 62.0 cm³/mol. The lowest BCUT2D eigenvalue weighted by Gasteiger charge is -2.06. The average Bonchev–Trinajstić information content (AvgIpc) is 2.25. The van der Waals surface area contributed by atoms with Crippen molar-refractivity contribution in [3.63, 3.8) is 0 Å². The first kappa shape index (κ1) is 12.1. The normalized spacial score (nSPS) is 11.8. The van der Waals surface area contributed by atoms with Crippen molar-refractivity contribution < 1.29 is 4.79 Å². The van der Waals surface area contributed by atoms with Gasteiger partial charge in [0.25, 0.3) is 0 Å². The van der Waals surface area contributed by atoms with Crippen molar-refractivity contribution >= 4 is 29.1 Å². The molecule has 0 spiro atoms. The Morgan fingerprint density at radius 2 is 2.40 bits per heavy atom. The van der Waals surface area contributed by atoms with Gasteiger partial charge < -0.3 is 0 Å². The molecule has 0 fully saturated rings. The lowest BCUT2D eigenvalue weighted by molar-refractivity contribution is -0.117. The monoisotopic (exact) mass is 239 g/mol. The zero-order valence-electron chi connectivity index (χ0n) is 8.24. The molecule has 0 amide bonds. The molecule has 15 heavy (non-hydrogen) atoms. The van der Waals surface area contributed by atoms with Crippen LogP contribution in [0.4, 0.5) is 0 Å². The second kappa shape index (κ2) is 5.79. The molecular formula is C11H10ClNOS. The van der Waals surface area contributed by atoms with E-state index in [-0.39, 0.29) is 5.78 Å². The van der Waals surface area contributed by atoms with Gasteiger partial charge in [0.05, 0.1) is 6.07 Å². The summed E-state index contributed by atoms with van der Waals surface area (Å²) >= 11 is 7.04. The molecule has 0 radical (unpaired) electrons. The smallest absolute Gasteiger partial charge is 0.160 e. The minimum absolute atomic E-state index is 0.0533. The van der Waals surface area contributed by atoms with E-state index >= 15 is 0 Å². The summed E-state index contributed by atoms with van der Waals surface area (Å²) in [4.78, 5) is 12.2. The minimum Gasteiger partial charge on any atom is -0.297 e. The van der Waals surface area contributed by atoms with E-state index in [2.05, 4.69) is 0 Å². The van der Waals surface area contributed by atoms with Crippen LogP contribution in [0.3, 0.4) is 0 Å². The van der Waals surface area contributed by atoms with Crippen molar-refractivity contribution in [1.29, 1.82) is 5.26 Å². The van der Waals surface area contributed by atoms with Crippen LogP contribution < -0.4 is 0 Å². The number of rotatable bonds is 4. The van der Waals surface area contributed by atoms with Crippen molar-refractivity contribution in [3.05, 3.63) is 29.3 Å². The van der Waals surface area contributed by atoms with Gasteiger partial charge in [0, 0.05) is 16.3 Å². The number of Topliss-reactive ketones (excluding diaryl/α,β-unsaturated/α-hetero) is 1. The van der Waals surface area contributed by atoms with Crippen molar-refractivity contribution in [2.45, 2.75) is 23.5 Å². The molecule has 1 aromatic carbocycles. The highest BCUT2D eigenvalue weighted by atomic mass is 35.5. The van der Waals surface area contributed by atoms with Gasteiger partial charge in [-0.3, -0.25) is 4.79 Å². The molecule has 1 rings (SSSR count). The van der Waals surface area contributed by atoms with E-state index < -0.39 is 5.25 Å². The van der Waals surface area contributed by atoms with Gasteiger partial charge >= 0.3 is 0 Å². The number of halogens is 1. The fraction of sp³-hybridized carbons (Fsp3) is 0.273. The van der Waals surface area contributed by atoms with Crippen LogP contribution in [0.5, 0.6) is 0 Å². The zero-order chi connectivity index (χ0) is 11.3. The predicted octanol–water partition coefficient (Wildman–Crippen LogP) is 3.30. The molecule has 0 heterocycles. The average molecular weight is 240 g/mol. The van der Waals surface area contributed by atoms with E-state index in [1.165, 1.54) is 11.8 Å². The third-order valence-electron chi connectivity index (χ3n) is 1.81. The summed E-state index contributed by atoms with van der Waals surface area (Å²) in [5, 5.41) is 8.81. The quantitative estimate of drug-likeness (QED) is 0.757.